The molecule has 0 aliphatic rings. The Morgan fingerprint density at radius 2 is 2.36 bits per heavy atom. The summed E-state index contributed by atoms with van der Waals surface area (Å²) in [5.41, 5.74) is 7.75. The van der Waals surface area contributed by atoms with Crippen molar-refractivity contribution in [1.82, 2.24) is 4.98 Å². The highest BCUT2D eigenvalue weighted by molar-refractivity contribution is 5.92. The van der Waals surface area contributed by atoms with E-state index in [2.05, 4.69) is 4.98 Å². The second kappa shape index (κ2) is 3.23. The average Bonchev–Trinajstić information content (AvgIpc) is 2.59. The van der Waals surface area contributed by atoms with Gasteiger partial charge in [0.2, 0.25) is 5.78 Å². The van der Waals surface area contributed by atoms with Crippen molar-refractivity contribution in [1.29, 1.82) is 0 Å². The van der Waals surface area contributed by atoms with Crippen LogP contribution in [0.2, 0.25) is 0 Å². The lowest BCUT2D eigenvalue weighted by molar-refractivity contribution is 0.0983. The quantitative estimate of drug-likeness (QED) is 0.728. The molecular formula is C10H10N2O2. The number of aromatic nitrogens is 1. The highest BCUT2D eigenvalue weighted by Crippen LogP contribution is 2.17. The molecule has 0 amide bonds. The number of Topliss-reactive ketones (excluding diaryl/α,β-unsaturated/α-hetero) is 1. The Morgan fingerprint density at radius 1 is 1.57 bits per heavy atom. The van der Waals surface area contributed by atoms with Crippen LogP contribution in [0.4, 0.5) is 0 Å². The maximum absolute atomic E-state index is 11.0. The molecule has 1 heterocycles. The number of oxazole rings is 1. The van der Waals surface area contributed by atoms with Gasteiger partial charge in [-0.15, -0.1) is 0 Å². The number of nitrogens with zero attached hydrogens (tertiary/aromatic N) is 1. The molecule has 2 rings (SSSR count). The fourth-order valence-corrected chi connectivity index (χ4v) is 1.25. The number of nitrogens with two attached hydrogens (primary N) is 1. The van der Waals surface area contributed by atoms with Crippen molar-refractivity contribution < 1.29 is 9.21 Å². The van der Waals surface area contributed by atoms with E-state index < -0.39 is 0 Å². The molecule has 0 spiro atoms. The summed E-state index contributed by atoms with van der Waals surface area (Å²) in [6.07, 6.45) is 0. The average molecular weight is 190 g/mol. The molecule has 1 aromatic heterocycles. The van der Waals surface area contributed by atoms with Gasteiger partial charge < -0.3 is 10.2 Å². The largest absolute Gasteiger partial charge is 0.434 e. The van der Waals surface area contributed by atoms with Crippen molar-refractivity contribution in [2.75, 3.05) is 0 Å². The first-order valence-corrected chi connectivity index (χ1v) is 4.31. The van der Waals surface area contributed by atoms with Gasteiger partial charge in [-0.05, 0) is 17.7 Å². The van der Waals surface area contributed by atoms with Crippen LogP contribution in [-0.4, -0.2) is 10.8 Å². The van der Waals surface area contributed by atoms with Crippen LogP contribution in [0.1, 0.15) is 23.2 Å². The van der Waals surface area contributed by atoms with Gasteiger partial charge in [0.05, 0.1) is 0 Å². The number of carbonyl (C=O) groups is 1. The van der Waals surface area contributed by atoms with Crippen LogP contribution in [0.3, 0.4) is 0 Å². The third-order valence-electron chi connectivity index (χ3n) is 1.99. The number of hydrogen-bond donors (Lipinski definition) is 1. The molecule has 0 aliphatic carbocycles. The molecule has 0 fully saturated rings. The first-order valence-electron chi connectivity index (χ1n) is 4.31. The summed E-state index contributed by atoms with van der Waals surface area (Å²) >= 11 is 0. The molecule has 0 unspecified atom stereocenters. The second-order valence-electron chi connectivity index (χ2n) is 3.08. The predicted octanol–water partition coefficient (Wildman–Crippen LogP) is 1.49. The number of benzene rings is 1. The molecule has 0 aliphatic heterocycles. The zero-order chi connectivity index (χ0) is 10.1. The summed E-state index contributed by atoms with van der Waals surface area (Å²) in [7, 11) is 0. The zero-order valence-corrected chi connectivity index (χ0v) is 7.78. The normalized spacial score (nSPS) is 10.7. The molecule has 2 N–H and O–H groups in total. The summed E-state index contributed by atoms with van der Waals surface area (Å²) in [4.78, 5) is 15.0. The highest BCUT2D eigenvalue weighted by atomic mass is 16.4. The Kier molecular flexibility index (Phi) is 2.05. The van der Waals surface area contributed by atoms with Crippen molar-refractivity contribution in [2.45, 2.75) is 13.5 Å². The highest BCUT2D eigenvalue weighted by Gasteiger charge is 2.09. The van der Waals surface area contributed by atoms with Gasteiger partial charge in [0.15, 0.2) is 5.58 Å². The van der Waals surface area contributed by atoms with Crippen LogP contribution in [0.5, 0.6) is 0 Å². The lowest BCUT2D eigenvalue weighted by Gasteiger charge is -1.92. The molecular weight excluding hydrogens is 180 g/mol. The maximum Gasteiger partial charge on any atom is 0.263 e. The minimum Gasteiger partial charge on any atom is -0.434 e. The van der Waals surface area contributed by atoms with E-state index in [0.29, 0.717) is 17.6 Å². The van der Waals surface area contributed by atoms with E-state index in [-0.39, 0.29) is 11.7 Å². The van der Waals surface area contributed by atoms with Crippen molar-refractivity contribution >= 4 is 16.9 Å². The molecule has 0 bridgehead atoms. The summed E-state index contributed by atoms with van der Waals surface area (Å²) in [6, 6.07) is 5.46. The van der Waals surface area contributed by atoms with Gasteiger partial charge in [0, 0.05) is 13.5 Å². The standard InChI is InChI=1S/C10H10N2O2/c1-6(13)10-12-8-4-7(5-11)2-3-9(8)14-10/h2-4H,5,11H2,1H3. The monoisotopic (exact) mass is 190 g/mol. The smallest absolute Gasteiger partial charge is 0.263 e. The zero-order valence-electron chi connectivity index (χ0n) is 7.78. The van der Waals surface area contributed by atoms with Gasteiger partial charge >= 0.3 is 0 Å². The minimum absolute atomic E-state index is 0.147. The SMILES string of the molecule is CC(=O)c1nc2cc(CN)ccc2o1. The van der Waals surface area contributed by atoms with E-state index in [1.165, 1.54) is 6.92 Å². The number of ketones is 1. The Bertz CT molecular complexity index is 488. The molecule has 0 saturated heterocycles. The minimum atomic E-state index is -0.171. The van der Waals surface area contributed by atoms with Crippen LogP contribution in [-0.2, 0) is 6.54 Å². The topological polar surface area (TPSA) is 69.1 Å². The van der Waals surface area contributed by atoms with Crippen LogP contribution >= 0.6 is 0 Å². The molecule has 2 aromatic rings. The summed E-state index contributed by atoms with van der Waals surface area (Å²) in [6.45, 7) is 1.88. The molecule has 14 heavy (non-hydrogen) atoms. The van der Waals surface area contributed by atoms with Gasteiger partial charge in [-0.1, -0.05) is 6.07 Å². The molecule has 1 aromatic carbocycles. The summed E-state index contributed by atoms with van der Waals surface area (Å²) < 4.78 is 5.23. The number of carbonyl (C=O) groups excluding carboxylic acids is 1. The molecule has 4 heteroatoms. The third-order valence-corrected chi connectivity index (χ3v) is 1.99. The molecule has 0 saturated carbocycles. The Balaban J connectivity index is 2.60. The predicted molar refractivity (Wildman–Crippen MR) is 51.9 cm³/mol. The fourth-order valence-electron chi connectivity index (χ4n) is 1.25. The van der Waals surface area contributed by atoms with Crippen molar-refractivity contribution in [3.05, 3.63) is 29.7 Å². The third kappa shape index (κ3) is 1.40. The van der Waals surface area contributed by atoms with E-state index in [0.717, 1.165) is 5.56 Å². The van der Waals surface area contributed by atoms with Crippen molar-refractivity contribution in [3.8, 4) is 0 Å². The van der Waals surface area contributed by atoms with E-state index >= 15 is 0 Å². The molecule has 0 radical (unpaired) electrons. The lowest BCUT2D eigenvalue weighted by Crippen LogP contribution is -1.95. The Hall–Kier alpha value is -1.68. The van der Waals surface area contributed by atoms with E-state index in [9.17, 15) is 4.79 Å². The van der Waals surface area contributed by atoms with Gasteiger partial charge in [-0.3, -0.25) is 4.79 Å². The van der Waals surface area contributed by atoms with E-state index in [1.54, 1.807) is 6.07 Å². The van der Waals surface area contributed by atoms with Gasteiger partial charge in [-0.2, -0.15) is 0 Å². The van der Waals surface area contributed by atoms with Gasteiger partial charge in [0.25, 0.3) is 5.89 Å². The van der Waals surface area contributed by atoms with E-state index in [4.69, 9.17) is 10.2 Å². The van der Waals surface area contributed by atoms with E-state index in [1.807, 2.05) is 12.1 Å². The van der Waals surface area contributed by atoms with Gasteiger partial charge in [0.1, 0.15) is 5.52 Å². The number of rotatable bonds is 2. The first kappa shape index (κ1) is 8.90. The molecule has 72 valence electrons. The molecule has 0 atom stereocenters. The summed E-state index contributed by atoms with van der Waals surface area (Å²) in [5.74, 6) is -0.0235. The van der Waals surface area contributed by atoms with Crippen molar-refractivity contribution in [2.24, 2.45) is 5.73 Å². The number of fused-ring (bicyclic) bond motifs is 1. The van der Waals surface area contributed by atoms with Crippen LogP contribution in [0.15, 0.2) is 22.6 Å². The Morgan fingerprint density at radius 3 is 3.00 bits per heavy atom. The number of hydrogen-bond acceptors (Lipinski definition) is 4. The maximum atomic E-state index is 11.0. The first-order chi connectivity index (χ1) is 6.70. The van der Waals surface area contributed by atoms with Crippen molar-refractivity contribution in [3.63, 3.8) is 0 Å². The molecule has 4 nitrogen and oxygen atoms in total. The van der Waals surface area contributed by atoms with Gasteiger partial charge in [-0.25, -0.2) is 4.98 Å². The van der Waals surface area contributed by atoms with Crippen LogP contribution in [0, 0.1) is 0 Å². The second-order valence-corrected chi connectivity index (χ2v) is 3.08. The fraction of sp³-hybridized carbons (Fsp3) is 0.200. The van der Waals surface area contributed by atoms with Crippen LogP contribution < -0.4 is 5.73 Å². The lowest BCUT2D eigenvalue weighted by atomic mass is 10.2. The Labute approximate surface area is 80.7 Å². The summed E-state index contributed by atoms with van der Waals surface area (Å²) in [5, 5.41) is 0. The van der Waals surface area contributed by atoms with Crippen LogP contribution in [0.25, 0.3) is 11.1 Å².